The summed E-state index contributed by atoms with van der Waals surface area (Å²) >= 11 is 27.1. The Balaban J connectivity index is 0.000000211. The molecule has 16 heteroatoms. The predicted octanol–water partition coefficient (Wildman–Crippen LogP) is 10.4. The normalized spacial score (nSPS) is 11.8. The Bertz CT molecular complexity index is 2340. The van der Waals surface area contributed by atoms with Gasteiger partial charge in [0.1, 0.15) is 21.4 Å². The summed E-state index contributed by atoms with van der Waals surface area (Å²) in [5, 5.41) is 29.6. The molecule has 0 radical (unpaired) electrons. The second-order valence-electron chi connectivity index (χ2n) is 11.8. The molecule has 55 heavy (non-hydrogen) atoms. The standard InChI is InChI=1S/C20H16Cl2N2O3S.C19H14Cl2N2O3S/c1-11-5-2-3-6-12(11)20-24-16(10-28-20)19(27)23-15(9-17(25)26)13-7-4-8-14(21)18(13)22;20-13-8-4-7-12(17(13)21)14(9-16(24)25)22-18(26)15-10-27-19(23-15)11-5-2-1-3-6-11/h2-8,10,15H,9H2,1H3,(H,23,27)(H,25,26);1-8,10,14H,9H2,(H,22,26)(H,24,25)/t15-;14-/m00/s1. The Morgan fingerprint density at radius 1 is 0.618 bits per heavy atom. The summed E-state index contributed by atoms with van der Waals surface area (Å²) in [6.07, 6.45) is -0.665. The van der Waals surface area contributed by atoms with Gasteiger partial charge in [0.15, 0.2) is 0 Å². The van der Waals surface area contributed by atoms with Crippen LogP contribution in [0.2, 0.25) is 20.1 Å². The number of aromatic nitrogens is 2. The quantitative estimate of drug-likeness (QED) is 0.0947. The lowest BCUT2D eigenvalue weighted by molar-refractivity contribution is -0.138. The van der Waals surface area contributed by atoms with Crippen LogP contribution in [0.15, 0.2) is 102 Å². The smallest absolute Gasteiger partial charge is 0.305 e. The first kappa shape index (κ1) is 41.3. The van der Waals surface area contributed by atoms with Crippen molar-refractivity contribution in [2.24, 2.45) is 0 Å². The van der Waals surface area contributed by atoms with E-state index >= 15 is 0 Å². The van der Waals surface area contributed by atoms with Gasteiger partial charge in [-0.15, -0.1) is 22.7 Å². The number of carboxylic acid groups (broad SMARTS) is 2. The van der Waals surface area contributed by atoms with Crippen molar-refractivity contribution in [3.8, 4) is 21.1 Å². The lowest BCUT2D eigenvalue weighted by Crippen LogP contribution is -2.30. The van der Waals surface area contributed by atoms with Gasteiger partial charge < -0.3 is 20.8 Å². The Morgan fingerprint density at radius 2 is 1.07 bits per heavy atom. The van der Waals surface area contributed by atoms with Gasteiger partial charge in [-0.25, -0.2) is 9.97 Å². The molecular formula is C39H30Cl4N4O6S2. The molecule has 10 nitrogen and oxygen atoms in total. The molecule has 2 amide bonds. The monoisotopic (exact) mass is 854 g/mol. The molecule has 0 spiro atoms. The van der Waals surface area contributed by atoms with Crippen LogP contribution >= 0.6 is 69.1 Å². The van der Waals surface area contributed by atoms with E-state index in [1.807, 2.05) is 61.5 Å². The van der Waals surface area contributed by atoms with Crippen LogP contribution in [0.3, 0.4) is 0 Å². The maximum atomic E-state index is 12.7. The number of amides is 2. The third-order valence-electron chi connectivity index (χ3n) is 7.95. The van der Waals surface area contributed by atoms with Crippen molar-refractivity contribution in [1.29, 1.82) is 0 Å². The van der Waals surface area contributed by atoms with Crippen molar-refractivity contribution >= 4 is 92.8 Å². The molecule has 0 bridgehead atoms. The van der Waals surface area contributed by atoms with E-state index in [2.05, 4.69) is 20.6 Å². The van der Waals surface area contributed by atoms with Gasteiger partial charge in [-0.3, -0.25) is 19.2 Å². The van der Waals surface area contributed by atoms with Gasteiger partial charge in [-0.2, -0.15) is 0 Å². The summed E-state index contributed by atoms with van der Waals surface area (Å²) < 4.78 is 0. The van der Waals surface area contributed by atoms with Crippen molar-refractivity contribution in [1.82, 2.24) is 20.6 Å². The van der Waals surface area contributed by atoms with E-state index in [4.69, 9.17) is 46.4 Å². The maximum Gasteiger partial charge on any atom is 0.305 e. The highest BCUT2D eigenvalue weighted by atomic mass is 35.5. The summed E-state index contributed by atoms with van der Waals surface area (Å²) in [5.41, 5.74) is 4.23. The fourth-order valence-corrected chi connectivity index (χ4v) is 7.85. The van der Waals surface area contributed by atoms with E-state index in [9.17, 15) is 29.4 Å². The van der Waals surface area contributed by atoms with Gasteiger partial charge in [-0.05, 0) is 35.7 Å². The Labute approximate surface area is 343 Å². The van der Waals surface area contributed by atoms with Crippen LogP contribution in [-0.4, -0.2) is 43.9 Å². The van der Waals surface area contributed by atoms with Crippen molar-refractivity contribution < 1.29 is 29.4 Å². The highest BCUT2D eigenvalue weighted by molar-refractivity contribution is 7.13. The minimum atomic E-state index is -1.07. The van der Waals surface area contributed by atoms with Gasteiger partial charge in [0, 0.05) is 21.9 Å². The zero-order valence-electron chi connectivity index (χ0n) is 28.6. The van der Waals surface area contributed by atoms with Crippen LogP contribution in [0, 0.1) is 6.92 Å². The van der Waals surface area contributed by atoms with Crippen LogP contribution in [0.1, 0.15) is 62.6 Å². The molecule has 0 aliphatic rings. The summed E-state index contributed by atoms with van der Waals surface area (Å²) in [4.78, 5) is 56.6. The predicted molar refractivity (Wildman–Crippen MR) is 218 cm³/mol. The van der Waals surface area contributed by atoms with E-state index in [0.29, 0.717) is 26.2 Å². The van der Waals surface area contributed by atoms with E-state index < -0.39 is 35.8 Å². The minimum absolute atomic E-state index is 0.215. The van der Waals surface area contributed by atoms with E-state index in [1.165, 1.54) is 22.7 Å². The van der Waals surface area contributed by atoms with Crippen molar-refractivity contribution in [3.05, 3.63) is 150 Å². The average molecular weight is 857 g/mol. The highest BCUT2D eigenvalue weighted by Crippen LogP contribution is 2.34. The first-order valence-electron chi connectivity index (χ1n) is 16.3. The number of carbonyl (C=O) groups excluding carboxylic acids is 2. The van der Waals surface area contributed by atoms with E-state index in [1.54, 1.807) is 47.2 Å². The third-order valence-corrected chi connectivity index (χ3v) is 11.4. The molecule has 2 atom stereocenters. The fourth-order valence-electron chi connectivity index (χ4n) is 5.28. The number of halogens is 4. The van der Waals surface area contributed by atoms with Crippen molar-refractivity contribution in [2.45, 2.75) is 31.8 Å². The highest BCUT2D eigenvalue weighted by Gasteiger charge is 2.25. The number of carbonyl (C=O) groups is 4. The summed E-state index contributed by atoms with van der Waals surface area (Å²) in [7, 11) is 0. The molecule has 2 heterocycles. The van der Waals surface area contributed by atoms with E-state index in [-0.39, 0.29) is 34.3 Å². The molecule has 4 aromatic carbocycles. The lowest BCUT2D eigenvalue weighted by atomic mass is 10.0. The largest absolute Gasteiger partial charge is 0.481 e. The molecular weight excluding hydrogens is 826 g/mol. The zero-order valence-corrected chi connectivity index (χ0v) is 33.3. The number of rotatable bonds is 12. The molecule has 0 aliphatic heterocycles. The Hall–Kier alpha value is -4.82. The van der Waals surface area contributed by atoms with Gasteiger partial charge >= 0.3 is 11.9 Å². The number of aryl methyl sites for hydroxylation is 1. The number of nitrogens with zero attached hydrogens (tertiary/aromatic N) is 2. The molecule has 6 aromatic rings. The van der Waals surface area contributed by atoms with Gasteiger partial charge in [0.05, 0.1) is 45.0 Å². The van der Waals surface area contributed by atoms with Crippen LogP contribution in [0.25, 0.3) is 21.1 Å². The number of aliphatic carboxylic acids is 2. The summed E-state index contributed by atoms with van der Waals surface area (Å²) in [6.45, 7) is 1.97. The molecule has 0 unspecified atom stereocenters. The molecule has 0 fully saturated rings. The lowest BCUT2D eigenvalue weighted by Gasteiger charge is -2.18. The van der Waals surface area contributed by atoms with E-state index in [0.717, 1.165) is 21.7 Å². The number of hydrogen-bond donors (Lipinski definition) is 4. The number of thiazole rings is 2. The van der Waals surface area contributed by atoms with Gasteiger partial charge in [0.25, 0.3) is 11.8 Å². The third kappa shape index (κ3) is 10.9. The maximum absolute atomic E-state index is 12.7. The molecule has 282 valence electrons. The molecule has 4 N–H and O–H groups in total. The molecule has 0 aliphatic carbocycles. The van der Waals surface area contributed by atoms with Crippen LogP contribution in [0.5, 0.6) is 0 Å². The second kappa shape index (κ2) is 19.2. The topological polar surface area (TPSA) is 159 Å². The number of hydrogen-bond acceptors (Lipinski definition) is 8. The number of carboxylic acids is 2. The van der Waals surface area contributed by atoms with Crippen LogP contribution < -0.4 is 10.6 Å². The van der Waals surface area contributed by atoms with Gasteiger partial charge in [0.2, 0.25) is 0 Å². The molecule has 0 saturated carbocycles. The Morgan fingerprint density at radius 3 is 1.56 bits per heavy atom. The first-order valence-corrected chi connectivity index (χ1v) is 19.5. The first-order chi connectivity index (χ1) is 26.3. The molecule has 6 rings (SSSR count). The SMILES string of the molecule is Cc1ccccc1-c1nc(C(=O)N[C@@H](CC(=O)O)c2cccc(Cl)c2Cl)cs1.O=C(O)C[C@H](NC(=O)c1csc(-c2ccccc2)n1)c1cccc(Cl)c1Cl. The summed E-state index contributed by atoms with van der Waals surface area (Å²) in [6, 6.07) is 25.4. The van der Waals surface area contributed by atoms with Crippen molar-refractivity contribution in [2.75, 3.05) is 0 Å². The molecule has 2 aromatic heterocycles. The van der Waals surface area contributed by atoms with Crippen LogP contribution in [-0.2, 0) is 9.59 Å². The molecule has 0 saturated heterocycles. The second-order valence-corrected chi connectivity index (χ2v) is 15.1. The number of nitrogens with one attached hydrogen (secondary N) is 2. The van der Waals surface area contributed by atoms with Gasteiger partial charge in [-0.1, -0.05) is 125 Å². The average Bonchev–Trinajstić information content (AvgIpc) is 3.86. The minimum Gasteiger partial charge on any atom is -0.481 e. The zero-order chi connectivity index (χ0) is 39.6. The number of benzene rings is 4. The Kier molecular flexibility index (Phi) is 14.4. The van der Waals surface area contributed by atoms with Crippen LogP contribution in [0.4, 0.5) is 0 Å². The summed E-state index contributed by atoms with van der Waals surface area (Å²) in [5.74, 6) is -3.09. The van der Waals surface area contributed by atoms with Crippen molar-refractivity contribution in [3.63, 3.8) is 0 Å². The fraction of sp³-hybridized carbons (Fsp3) is 0.128.